The van der Waals surface area contributed by atoms with Crippen molar-refractivity contribution in [3.63, 3.8) is 0 Å². The Kier molecular flexibility index (Phi) is 4.72. The summed E-state index contributed by atoms with van der Waals surface area (Å²) in [5, 5.41) is 22.4. The summed E-state index contributed by atoms with van der Waals surface area (Å²) in [6, 6.07) is 12.9. The molecule has 1 aromatic heterocycles. The smallest absolute Gasteiger partial charge is 0.282 e. The second kappa shape index (κ2) is 7.37. The average molecular weight is 426 g/mol. The van der Waals surface area contributed by atoms with Crippen molar-refractivity contribution in [3.8, 4) is 17.1 Å². The van der Waals surface area contributed by atoms with E-state index in [1.807, 2.05) is 0 Å². The lowest BCUT2D eigenvalue weighted by molar-refractivity contribution is -0.384. The molecule has 2 heterocycles. The van der Waals surface area contributed by atoms with Crippen LogP contribution in [0.3, 0.4) is 0 Å². The number of phenols is 1. The van der Waals surface area contributed by atoms with E-state index in [4.69, 9.17) is 16.0 Å². The number of nitro groups is 1. The summed E-state index contributed by atoms with van der Waals surface area (Å²) in [6.07, 6.45) is 1.25. The number of anilines is 1. The maximum Gasteiger partial charge on any atom is 0.282 e. The van der Waals surface area contributed by atoms with Gasteiger partial charge in [0.1, 0.15) is 22.8 Å². The fraction of sp³-hybridized carbons (Fsp3) is 0. The van der Waals surface area contributed by atoms with Crippen molar-refractivity contribution in [1.29, 1.82) is 0 Å². The van der Waals surface area contributed by atoms with Crippen molar-refractivity contribution < 1.29 is 24.0 Å². The Bertz CT molecular complexity index is 1230. The zero-order valence-corrected chi connectivity index (χ0v) is 15.8. The van der Waals surface area contributed by atoms with E-state index in [0.29, 0.717) is 10.7 Å². The normalized spacial score (nSPS) is 15.0. The summed E-state index contributed by atoms with van der Waals surface area (Å²) < 4.78 is 5.57. The second-order valence-corrected chi connectivity index (χ2v) is 6.72. The molecule has 2 N–H and O–H groups in total. The molecule has 1 fully saturated rings. The Morgan fingerprint density at radius 1 is 1.13 bits per heavy atom. The minimum atomic E-state index is -0.629. The average Bonchev–Trinajstić information content (AvgIpc) is 3.28. The van der Waals surface area contributed by atoms with Crippen molar-refractivity contribution in [2.45, 2.75) is 0 Å². The van der Waals surface area contributed by atoms with Crippen LogP contribution in [0.4, 0.5) is 11.4 Å². The highest BCUT2D eigenvalue weighted by atomic mass is 35.5. The number of nitrogens with zero attached hydrogens (tertiary/aromatic N) is 2. The quantitative estimate of drug-likeness (QED) is 0.284. The number of rotatable bonds is 4. The maximum absolute atomic E-state index is 12.7. The number of benzene rings is 2. The van der Waals surface area contributed by atoms with Gasteiger partial charge in [0.15, 0.2) is 0 Å². The van der Waals surface area contributed by atoms with Crippen molar-refractivity contribution in [1.82, 2.24) is 5.43 Å². The van der Waals surface area contributed by atoms with Crippen LogP contribution in [0, 0.1) is 10.1 Å². The van der Waals surface area contributed by atoms with Gasteiger partial charge in [-0.2, -0.15) is 0 Å². The molecule has 0 radical (unpaired) electrons. The lowest BCUT2D eigenvalue weighted by Gasteiger charge is -2.14. The van der Waals surface area contributed by atoms with Crippen LogP contribution in [-0.4, -0.2) is 21.8 Å². The van der Waals surface area contributed by atoms with Crippen LogP contribution < -0.4 is 10.4 Å². The number of nitrogens with one attached hydrogen (secondary N) is 1. The van der Waals surface area contributed by atoms with Crippen LogP contribution in [0.15, 0.2) is 64.6 Å². The highest BCUT2D eigenvalue weighted by molar-refractivity contribution is 6.33. The van der Waals surface area contributed by atoms with Gasteiger partial charge in [-0.15, -0.1) is 0 Å². The topological polar surface area (TPSA) is 126 Å². The molecule has 2 amide bonds. The standard InChI is InChI=1S/C20H12ClN3O6/c21-11-2-1-3-12(8-11)23-20(27)16(19(26)22-23)10-14-5-7-18(30-14)15-9-13(24(28)29)4-6-17(15)25/h1-10,25H,(H,22,26)/b16-10-. The second-order valence-electron chi connectivity index (χ2n) is 6.28. The molecule has 30 heavy (non-hydrogen) atoms. The molecule has 0 saturated carbocycles. The van der Waals surface area contributed by atoms with Gasteiger partial charge >= 0.3 is 0 Å². The van der Waals surface area contributed by atoms with Gasteiger partial charge in [-0.3, -0.25) is 25.1 Å². The molecule has 150 valence electrons. The van der Waals surface area contributed by atoms with Crippen LogP contribution in [0.1, 0.15) is 5.76 Å². The summed E-state index contributed by atoms with van der Waals surface area (Å²) in [6.45, 7) is 0. The molecule has 2 aromatic carbocycles. The van der Waals surface area contributed by atoms with Gasteiger partial charge in [-0.1, -0.05) is 17.7 Å². The van der Waals surface area contributed by atoms with E-state index in [1.165, 1.54) is 36.4 Å². The Hall–Kier alpha value is -4.11. The first-order chi connectivity index (χ1) is 14.3. The summed E-state index contributed by atoms with van der Waals surface area (Å²) in [5.41, 5.74) is 2.56. The third-order valence-corrected chi connectivity index (χ3v) is 4.56. The first kappa shape index (κ1) is 19.2. The van der Waals surface area contributed by atoms with Gasteiger partial charge in [0.2, 0.25) is 0 Å². The molecule has 0 atom stereocenters. The summed E-state index contributed by atoms with van der Waals surface area (Å²) in [4.78, 5) is 35.3. The van der Waals surface area contributed by atoms with E-state index in [9.17, 15) is 24.8 Å². The van der Waals surface area contributed by atoms with Crippen molar-refractivity contribution >= 4 is 40.9 Å². The van der Waals surface area contributed by atoms with E-state index < -0.39 is 16.7 Å². The molecule has 0 aliphatic carbocycles. The SMILES string of the molecule is O=C1NN(c2cccc(Cl)c2)C(=O)/C1=C\c1ccc(-c2cc([N+](=O)[O-])ccc2O)o1. The maximum atomic E-state index is 12.7. The molecule has 1 aliphatic rings. The van der Waals surface area contributed by atoms with Gasteiger partial charge in [-0.05, 0) is 42.5 Å². The van der Waals surface area contributed by atoms with Crippen molar-refractivity contribution in [2.24, 2.45) is 0 Å². The Morgan fingerprint density at radius 3 is 2.67 bits per heavy atom. The minimum Gasteiger partial charge on any atom is -0.507 e. The van der Waals surface area contributed by atoms with Crippen molar-refractivity contribution in [3.05, 3.63) is 81.1 Å². The van der Waals surface area contributed by atoms with Crippen molar-refractivity contribution in [2.75, 3.05) is 5.01 Å². The molecule has 9 nitrogen and oxygen atoms in total. The summed E-state index contributed by atoms with van der Waals surface area (Å²) in [5.74, 6) is -1.14. The molecule has 0 unspecified atom stereocenters. The van der Waals surface area contributed by atoms with E-state index in [2.05, 4.69) is 5.43 Å². The molecular weight excluding hydrogens is 414 g/mol. The predicted molar refractivity (Wildman–Crippen MR) is 108 cm³/mol. The fourth-order valence-electron chi connectivity index (χ4n) is 2.91. The van der Waals surface area contributed by atoms with Crippen LogP contribution in [-0.2, 0) is 9.59 Å². The van der Waals surface area contributed by atoms with Gasteiger partial charge in [0.05, 0.1) is 16.2 Å². The molecular formula is C20H12ClN3O6. The van der Waals surface area contributed by atoms with Gasteiger partial charge in [-0.25, -0.2) is 5.01 Å². The number of amides is 2. The lowest BCUT2D eigenvalue weighted by atomic mass is 10.1. The summed E-state index contributed by atoms with van der Waals surface area (Å²) >= 11 is 5.94. The number of phenolic OH excluding ortho intramolecular Hbond substituents is 1. The third-order valence-electron chi connectivity index (χ3n) is 4.33. The number of hydrogen-bond donors (Lipinski definition) is 2. The molecule has 4 rings (SSSR count). The number of aromatic hydroxyl groups is 1. The molecule has 1 aliphatic heterocycles. The van der Waals surface area contributed by atoms with E-state index in [-0.39, 0.29) is 34.1 Å². The van der Waals surface area contributed by atoms with Gasteiger partial charge < -0.3 is 9.52 Å². The molecule has 0 spiro atoms. The first-order valence-electron chi connectivity index (χ1n) is 8.54. The fourth-order valence-corrected chi connectivity index (χ4v) is 3.09. The number of hydrogen-bond acceptors (Lipinski definition) is 6. The highest BCUT2D eigenvalue weighted by Crippen LogP contribution is 2.34. The Morgan fingerprint density at radius 2 is 1.93 bits per heavy atom. The third kappa shape index (κ3) is 3.49. The molecule has 10 heteroatoms. The van der Waals surface area contributed by atoms with Gasteiger partial charge in [0.25, 0.3) is 17.5 Å². The number of hydrazine groups is 1. The monoisotopic (exact) mass is 425 g/mol. The van der Waals surface area contributed by atoms with Gasteiger partial charge in [0, 0.05) is 17.2 Å². The largest absolute Gasteiger partial charge is 0.507 e. The van der Waals surface area contributed by atoms with Crippen LogP contribution in [0.25, 0.3) is 17.4 Å². The first-order valence-corrected chi connectivity index (χ1v) is 8.91. The highest BCUT2D eigenvalue weighted by Gasteiger charge is 2.34. The van der Waals surface area contributed by atoms with E-state index >= 15 is 0 Å². The number of carbonyl (C=O) groups excluding carboxylic acids is 2. The molecule has 1 saturated heterocycles. The van der Waals surface area contributed by atoms with E-state index in [0.717, 1.165) is 11.1 Å². The van der Waals surface area contributed by atoms with Crippen LogP contribution >= 0.6 is 11.6 Å². The number of halogens is 1. The lowest BCUT2D eigenvalue weighted by Crippen LogP contribution is -2.35. The van der Waals surface area contributed by atoms with Crippen LogP contribution in [0.5, 0.6) is 5.75 Å². The van der Waals surface area contributed by atoms with E-state index in [1.54, 1.807) is 18.2 Å². The Labute approximate surface area is 173 Å². The number of non-ortho nitro benzene ring substituents is 1. The Balaban J connectivity index is 1.65. The zero-order valence-electron chi connectivity index (χ0n) is 15.0. The number of carbonyl (C=O) groups is 2. The summed E-state index contributed by atoms with van der Waals surface area (Å²) in [7, 11) is 0. The van der Waals surface area contributed by atoms with Crippen LogP contribution in [0.2, 0.25) is 5.02 Å². The minimum absolute atomic E-state index is 0.108. The predicted octanol–water partition coefficient (Wildman–Crippen LogP) is 3.68. The molecule has 0 bridgehead atoms. The number of nitro benzene ring substituents is 1. The number of furan rings is 1. The zero-order chi connectivity index (χ0) is 21.4. The molecule has 3 aromatic rings.